The van der Waals surface area contributed by atoms with Crippen LogP contribution in [0.4, 0.5) is 4.79 Å². The monoisotopic (exact) mass is 262 g/mol. The standard InChI is InChI=1S/C15H22N2O2/c1-15(2,3)19-14(18)17-13-8-11-6-4-5-7-12(11)9-16-10-13/h4-7,13,16H,8-10H2,1-3H3,(H,17,18). The van der Waals surface area contributed by atoms with Crippen molar-refractivity contribution in [2.24, 2.45) is 0 Å². The molecule has 0 aromatic heterocycles. The molecule has 1 amide bonds. The number of carbonyl (C=O) groups is 1. The summed E-state index contributed by atoms with van der Waals surface area (Å²) in [7, 11) is 0. The maximum Gasteiger partial charge on any atom is 0.407 e. The molecule has 1 atom stereocenters. The zero-order valence-electron chi connectivity index (χ0n) is 11.8. The SMILES string of the molecule is CC(C)(C)OC(=O)NC1CNCc2ccccc2C1. The number of rotatable bonds is 1. The van der Waals surface area contributed by atoms with Gasteiger partial charge < -0.3 is 15.4 Å². The van der Waals surface area contributed by atoms with Crippen LogP contribution in [-0.2, 0) is 17.7 Å². The van der Waals surface area contributed by atoms with Gasteiger partial charge >= 0.3 is 6.09 Å². The lowest BCUT2D eigenvalue weighted by Gasteiger charge is -2.23. The third kappa shape index (κ3) is 4.24. The number of ether oxygens (including phenoxy) is 1. The van der Waals surface area contributed by atoms with Crippen LogP contribution in [0.3, 0.4) is 0 Å². The highest BCUT2D eigenvalue weighted by Crippen LogP contribution is 2.14. The maximum atomic E-state index is 11.8. The topological polar surface area (TPSA) is 50.4 Å². The van der Waals surface area contributed by atoms with E-state index >= 15 is 0 Å². The van der Waals surface area contributed by atoms with Crippen molar-refractivity contribution in [3.8, 4) is 0 Å². The summed E-state index contributed by atoms with van der Waals surface area (Å²) >= 11 is 0. The minimum atomic E-state index is -0.458. The van der Waals surface area contributed by atoms with E-state index in [1.165, 1.54) is 11.1 Å². The number of alkyl carbamates (subject to hydrolysis) is 1. The first-order valence-corrected chi connectivity index (χ1v) is 6.71. The fourth-order valence-corrected chi connectivity index (χ4v) is 2.22. The highest BCUT2D eigenvalue weighted by Gasteiger charge is 2.21. The number of fused-ring (bicyclic) bond motifs is 1. The molecule has 104 valence electrons. The smallest absolute Gasteiger partial charge is 0.407 e. The van der Waals surface area contributed by atoms with E-state index in [1.54, 1.807) is 0 Å². The van der Waals surface area contributed by atoms with Gasteiger partial charge in [0.1, 0.15) is 5.60 Å². The molecule has 1 aliphatic heterocycles. The summed E-state index contributed by atoms with van der Waals surface area (Å²) in [5, 5.41) is 6.28. The molecule has 19 heavy (non-hydrogen) atoms. The maximum absolute atomic E-state index is 11.8. The van der Waals surface area contributed by atoms with Gasteiger partial charge in [-0.3, -0.25) is 0 Å². The Kier molecular flexibility index (Phi) is 4.10. The van der Waals surface area contributed by atoms with Crippen molar-refractivity contribution < 1.29 is 9.53 Å². The number of hydrogen-bond acceptors (Lipinski definition) is 3. The van der Waals surface area contributed by atoms with Gasteiger partial charge in [-0.2, -0.15) is 0 Å². The Balaban J connectivity index is 1.97. The van der Waals surface area contributed by atoms with Crippen LogP contribution in [0.15, 0.2) is 24.3 Å². The molecule has 2 rings (SSSR count). The van der Waals surface area contributed by atoms with Crippen molar-refractivity contribution in [3.05, 3.63) is 35.4 Å². The average molecular weight is 262 g/mol. The minimum absolute atomic E-state index is 0.0681. The van der Waals surface area contributed by atoms with E-state index in [2.05, 4.69) is 22.8 Å². The van der Waals surface area contributed by atoms with E-state index in [0.717, 1.165) is 19.5 Å². The van der Waals surface area contributed by atoms with E-state index in [0.29, 0.717) is 0 Å². The molecule has 1 aliphatic rings. The van der Waals surface area contributed by atoms with Gasteiger partial charge in [-0.25, -0.2) is 4.79 Å². The lowest BCUT2D eigenvalue weighted by atomic mass is 10.0. The molecule has 4 nitrogen and oxygen atoms in total. The second kappa shape index (κ2) is 5.61. The highest BCUT2D eigenvalue weighted by molar-refractivity contribution is 5.68. The summed E-state index contributed by atoms with van der Waals surface area (Å²) in [6.45, 7) is 7.21. The molecule has 1 heterocycles. The molecule has 0 bridgehead atoms. The van der Waals surface area contributed by atoms with Gasteiger partial charge in [-0.1, -0.05) is 24.3 Å². The Labute approximate surface area is 114 Å². The van der Waals surface area contributed by atoms with Crippen molar-refractivity contribution in [3.63, 3.8) is 0 Å². The van der Waals surface area contributed by atoms with Gasteiger partial charge in [0.15, 0.2) is 0 Å². The van der Waals surface area contributed by atoms with Crippen molar-refractivity contribution in [2.45, 2.75) is 45.4 Å². The van der Waals surface area contributed by atoms with Gasteiger partial charge in [0.05, 0.1) is 0 Å². The summed E-state index contributed by atoms with van der Waals surface area (Å²) in [5.74, 6) is 0. The summed E-state index contributed by atoms with van der Waals surface area (Å²) in [6, 6.07) is 8.39. The lowest BCUT2D eigenvalue weighted by molar-refractivity contribution is 0.0504. The van der Waals surface area contributed by atoms with Gasteiger partial charge in [-0.15, -0.1) is 0 Å². The van der Waals surface area contributed by atoms with Crippen molar-refractivity contribution >= 4 is 6.09 Å². The molecule has 0 radical (unpaired) electrons. The Morgan fingerprint density at radius 1 is 1.32 bits per heavy atom. The second-order valence-electron chi connectivity index (χ2n) is 5.95. The van der Waals surface area contributed by atoms with Gasteiger partial charge in [0.25, 0.3) is 0 Å². The van der Waals surface area contributed by atoms with Crippen LogP contribution >= 0.6 is 0 Å². The molecule has 0 saturated carbocycles. The van der Waals surface area contributed by atoms with E-state index in [4.69, 9.17) is 4.74 Å². The predicted octanol–water partition coefficient (Wildman–Crippen LogP) is 2.23. The van der Waals surface area contributed by atoms with Crippen LogP contribution in [-0.4, -0.2) is 24.3 Å². The van der Waals surface area contributed by atoms with Crippen LogP contribution in [0.1, 0.15) is 31.9 Å². The zero-order valence-corrected chi connectivity index (χ0v) is 11.8. The van der Waals surface area contributed by atoms with Crippen molar-refractivity contribution in [2.75, 3.05) is 6.54 Å². The Bertz CT molecular complexity index is 452. The summed E-state index contributed by atoms with van der Waals surface area (Å²) in [4.78, 5) is 11.8. The van der Waals surface area contributed by atoms with E-state index in [-0.39, 0.29) is 12.1 Å². The number of amides is 1. The highest BCUT2D eigenvalue weighted by atomic mass is 16.6. The molecule has 0 aliphatic carbocycles. The average Bonchev–Trinajstić information content (AvgIpc) is 2.47. The first kappa shape index (κ1) is 13.9. The molecule has 4 heteroatoms. The fourth-order valence-electron chi connectivity index (χ4n) is 2.22. The normalized spacial score (nSPS) is 19.2. The largest absolute Gasteiger partial charge is 0.444 e. The minimum Gasteiger partial charge on any atom is -0.444 e. The quantitative estimate of drug-likeness (QED) is 0.816. The summed E-state index contributed by atoms with van der Waals surface area (Å²) in [6.07, 6.45) is 0.487. The third-order valence-corrected chi connectivity index (χ3v) is 3.01. The number of carbonyl (C=O) groups excluding carboxylic acids is 1. The van der Waals surface area contributed by atoms with Gasteiger partial charge in [0, 0.05) is 19.1 Å². The molecule has 1 aromatic carbocycles. The number of nitrogens with one attached hydrogen (secondary N) is 2. The lowest BCUT2D eigenvalue weighted by Crippen LogP contribution is -2.44. The third-order valence-electron chi connectivity index (χ3n) is 3.01. The first-order chi connectivity index (χ1) is 8.94. The van der Waals surface area contributed by atoms with Crippen molar-refractivity contribution in [1.29, 1.82) is 0 Å². The van der Waals surface area contributed by atoms with Gasteiger partial charge in [-0.05, 0) is 38.3 Å². The van der Waals surface area contributed by atoms with Crippen LogP contribution in [0, 0.1) is 0 Å². The van der Waals surface area contributed by atoms with E-state index in [9.17, 15) is 4.79 Å². The molecular weight excluding hydrogens is 240 g/mol. The van der Waals surface area contributed by atoms with Crippen LogP contribution < -0.4 is 10.6 Å². The van der Waals surface area contributed by atoms with Crippen LogP contribution in [0.2, 0.25) is 0 Å². The second-order valence-corrected chi connectivity index (χ2v) is 5.95. The molecule has 0 fully saturated rings. The fraction of sp³-hybridized carbons (Fsp3) is 0.533. The zero-order chi connectivity index (χ0) is 13.9. The van der Waals surface area contributed by atoms with E-state index in [1.807, 2.05) is 32.9 Å². The van der Waals surface area contributed by atoms with Crippen molar-refractivity contribution in [1.82, 2.24) is 10.6 Å². The Hall–Kier alpha value is -1.55. The number of benzene rings is 1. The summed E-state index contributed by atoms with van der Waals surface area (Å²) < 4.78 is 5.29. The molecule has 2 N–H and O–H groups in total. The molecular formula is C15H22N2O2. The van der Waals surface area contributed by atoms with Crippen LogP contribution in [0.5, 0.6) is 0 Å². The molecule has 0 spiro atoms. The van der Waals surface area contributed by atoms with E-state index < -0.39 is 5.60 Å². The van der Waals surface area contributed by atoms with Crippen LogP contribution in [0.25, 0.3) is 0 Å². The Morgan fingerprint density at radius 2 is 2.00 bits per heavy atom. The molecule has 0 saturated heterocycles. The molecule has 1 aromatic rings. The summed E-state index contributed by atoms with van der Waals surface area (Å²) in [5.41, 5.74) is 2.13. The first-order valence-electron chi connectivity index (χ1n) is 6.71. The van der Waals surface area contributed by atoms with Gasteiger partial charge in [0.2, 0.25) is 0 Å². The predicted molar refractivity (Wildman–Crippen MR) is 75.0 cm³/mol. The number of hydrogen-bond donors (Lipinski definition) is 2. The molecule has 1 unspecified atom stereocenters. The Morgan fingerprint density at radius 3 is 2.68 bits per heavy atom.